The summed E-state index contributed by atoms with van der Waals surface area (Å²) in [5, 5.41) is 0.746. The fourth-order valence-corrected chi connectivity index (χ4v) is 1.37. The van der Waals surface area contributed by atoms with Crippen LogP contribution in [-0.2, 0) is 4.79 Å². The highest BCUT2D eigenvalue weighted by molar-refractivity contribution is 9.09. The molecule has 1 amide bonds. The highest BCUT2D eigenvalue weighted by Gasteiger charge is 2.28. The maximum absolute atomic E-state index is 11.9. The Bertz CT molecular complexity index is 196. The molecule has 0 fully saturated rings. The van der Waals surface area contributed by atoms with Gasteiger partial charge in [0.15, 0.2) is 0 Å². The average molecular weight is 290 g/mol. The predicted molar refractivity (Wildman–Crippen MR) is 56.0 cm³/mol. The molecule has 0 rings (SSSR count). The van der Waals surface area contributed by atoms with E-state index in [4.69, 9.17) is 0 Å². The summed E-state index contributed by atoms with van der Waals surface area (Å²) in [6, 6.07) is 0. The highest BCUT2D eigenvalue weighted by Crippen LogP contribution is 2.21. The van der Waals surface area contributed by atoms with Crippen molar-refractivity contribution in [1.29, 1.82) is 0 Å². The maximum Gasteiger partial charge on any atom is 0.389 e. The molecule has 0 bridgehead atoms. The van der Waals surface area contributed by atoms with Gasteiger partial charge in [0.25, 0.3) is 0 Å². The standard InChI is InChI=1S/C9H15BrF3NO/c1-2-14(7-3-6-10)8(15)4-5-9(11,12)13/h2-7H2,1H3. The summed E-state index contributed by atoms with van der Waals surface area (Å²) >= 11 is 3.21. The molecule has 0 heterocycles. The van der Waals surface area contributed by atoms with Gasteiger partial charge in [-0.05, 0) is 13.3 Å². The van der Waals surface area contributed by atoms with E-state index in [0.717, 1.165) is 11.8 Å². The van der Waals surface area contributed by atoms with Crippen molar-refractivity contribution in [2.75, 3.05) is 18.4 Å². The first kappa shape index (κ1) is 14.7. The summed E-state index contributed by atoms with van der Waals surface area (Å²) < 4.78 is 35.6. The quantitative estimate of drug-likeness (QED) is 0.689. The molecule has 0 unspecified atom stereocenters. The van der Waals surface area contributed by atoms with Crippen molar-refractivity contribution in [3.63, 3.8) is 0 Å². The molecular weight excluding hydrogens is 275 g/mol. The van der Waals surface area contributed by atoms with E-state index >= 15 is 0 Å². The van der Waals surface area contributed by atoms with Crippen molar-refractivity contribution in [2.45, 2.75) is 32.4 Å². The summed E-state index contributed by atoms with van der Waals surface area (Å²) in [5.41, 5.74) is 0. The van der Waals surface area contributed by atoms with Gasteiger partial charge in [0, 0.05) is 24.8 Å². The van der Waals surface area contributed by atoms with Gasteiger partial charge in [-0.25, -0.2) is 0 Å². The van der Waals surface area contributed by atoms with Crippen molar-refractivity contribution in [3.8, 4) is 0 Å². The Morgan fingerprint density at radius 3 is 2.40 bits per heavy atom. The molecular formula is C9H15BrF3NO. The Kier molecular flexibility index (Phi) is 6.96. The molecule has 0 aromatic heterocycles. The molecule has 0 aliphatic heterocycles. The third-order valence-electron chi connectivity index (χ3n) is 1.92. The zero-order valence-electron chi connectivity index (χ0n) is 8.61. The second kappa shape index (κ2) is 7.09. The van der Waals surface area contributed by atoms with Crippen LogP contribution in [-0.4, -0.2) is 35.4 Å². The number of rotatable bonds is 6. The van der Waals surface area contributed by atoms with Crippen molar-refractivity contribution in [2.24, 2.45) is 0 Å². The number of carbonyl (C=O) groups excluding carboxylic acids is 1. The topological polar surface area (TPSA) is 20.3 Å². The van der Waals surface area contributed by atoms with E-state index in [1.54, 1.807) is 6.92 Å². The van der Waals surface area contributed by atoms with Crippen LogP contribution in [0.5, 0.6) is 0 Å². The monoisotopic (exact) mass is 289 g/mol. The fourth-order valence-electron chi connectivity index (χ4n) is 1.12. The summed E-state index contributed by atoms with van der Waals surface area (Å²) in [5.74, 6) is -0.421. The van der Waals surface area contributed by atoms with Crippen LogP contribution in [0.3, 0.4) is 0 Å². The third kappa shape index (κ3) is 7.64. The summed E-state index contributed by atoms with van der Waals surface area (Å²) in [4.78, 5) is 12.8. The SMILES string of the molecule is CCN(CCCBr)C(=O)CCC(F)(F)F. The largest absolute Gasteiger partial charge is 0.389 e. The normalized spacial score (nSPS) is 11.5. The molecule has 15 heavy (non-hydrogen) atoms. The maximum atomic E-state index is 11.9. The average Bonchev–Trinajstić information content (AvgIpc) is 2.15. The van der Waals surface area contributed by atoms with Gasteiger partial charge in [-0.15, -0.1) is 0 Å². The van der Waals surface area contributed by atoms with E-state index in [0.29, 0.717) is 13.1 Å². The van der Waals surface area contributed by atoms with Crippen LogP contribution in [0.25, 0.3) is 0 Å². The van der Waals surface area contributed by atoms with Crippen molar-refractivity contribution >= 4 is 21.8 Å². The van der Waals surface area contributed by atoms with Crippen LogP contribution in [0, 0.1) is 0 Å². The summed E-state index contributed by atoms with van der Waals surface area (Å²) in [6.45, 7) is 2.74. The van der Waals surface area contributed by atoms with Gasteiger partial charge in [-0.1, -0.05) is 15.9 Å². The number of hydrogen-bond acceptors (Lipinski definition) is 1. The molecule has 0 aromatic rings. The number of amides is 1. The molecule has 0 spiro atoms. The second-order valence-electron chi connectivity index (χ2n) is 3.13. The lowest BCUT2D eigenvalue weighted by Crippen LogP contribution is -2.32. The number of nitrogens with zero attached hydrogens (tertiary/aromatic N) is 1. The molecule has 0 aliphatic rings. The molecule has 90 valence electrons. The zero-order chi connectivity index (χ0) is 11.9. The molecule has 0 saturated heterocycles. The lowest BCUT2D eigenvalue weighted by atomic mass is 10.2. The third-order valence-corrected chi connectivity index (χ3v) is 2.48. The number of halogens is 4. The lowest BCUT2D eigenvalue weighted by Gasteiger charge is -2.20. The lowest BCUT2D eigenvalue weighted by molar-refractivity contribution is -0.149. The molecule has 0 aromatic carbocycles. The van der Waals surface area contributed by atoms with Gasteiger partial charge in [-0.2, -0.15) is 13.2 Å². The minimum Gasteiger partial charge on any atom is -0.343 e. The molecule has 6 heteroatoms. The first-order chi connectivity index (χ1) is 6.90. The van der Waals surface area contributed by atoms with Crippen LogP contribution in [0.15, 0.2) is 0 Å². The minimum absolute atomic E-state index is 0.421. The van der Waals surface area contributed by atoms with Crippen molar-refractivity contribution in [3.05, 3.63) is 0 Å². The molecule has 0 radical (unpaired) electrons. The van der Waals surface area contributed by atoms with Gasteiger partial charge in [0.1, 0.15) is 0 Å². The fraction of sp³-hybridized carbons (Fsp3) is 0.889. The molecule has 2 nitrogen and oxygen atoms in total. The number of hydrogen-bond donors (Lipinski definition) is 0. The Labute approximate surface area is 95.9 Å². The zero-order valence-corrected chi connectivity index (χ0v) is 10.2. The van der Waals surface area contributed by atoms with Gasteiger partial charge in [0.05, 0.1) is 6.42 Å². The van der Waals surface area contributed by atoms with Crippen molar-refractivity contribution in [1.82, 2.24) is 4.90 Å². The summed E-state index contributed by atoms with van der Waals surface area (Å²) in [7, 11) is 0. The molecule has 0 aliphatic carbocycles. The van der Waals surface area contributed by atoms with E-state index in [9.17, 15) is 18.0 Å². The minimum atomic E-state index is -4.25. The van der Waals surface area contributed by atoms with Crippen LogP contribution in [0.4, 0.5) is 13.2 Å². The van der Waals surface area contributed by atoms with Gasteiger partial charge >= 0.3 is 6.18 Å². The number of alkyl halides is 4. The van der Waals surface area contributed by atoms with E-state index in [1.165, 1.54) is 4.90 Å². The summed E-state index contributed by atoms with van der Waals surface area (Å²) in [6.07, 6.45) is -4.97. The first-order valence-electron chi connectivity index (χ1n) is 4.81. The Morgan fingerprint density at radius 1 is 1.40 bits per heavy atom. The van der Waals surface area contributed by atoms with Crippen molar-refractivity contribution < 1.29 is 18.0 Å². The highest BCUT2D eigenvalue weighted by atomic mass is 79.9. The predicted octanol–water partition coefficient (Wildman–Crippen LogP) is 2.96. The Morgan fingerprint density at radius 2 is 2.00 bits per heavy atom. The van der Waals surface area contributed by atoms with Crippen LogP contribution in [0.2, 0.25) is 0 Å². The van der Waals surface area contributed by atoms with E-state index < -0.39 is 24.9 Å². The van der Waals surface area contributed by atoms with Crippen LogP contribution in [0.1, 0.15) is 26.2 Å². The molecule has 0 N–H and O–H groups in total. The van der Waals surface area contributed by atoms with Crippen LogP contribution >= 0.6 is 15.9 Å². The van der Waals surface area contributed by atoms with Crippen LogP contribution < -0.4 is 0 Å². The second-order valence-corrected chi connectivity index (χ2v) is 3.92. The Balaban J connectivity index is 3.94. The smallest absolute Gasteiger partial charge is 0.343 e. The first-order valence-corrected chi connectivity index (χ1v) is 5.93. The molecule has 0 atom stereocenters. The Hall–Kier alpha value is -0.260. The van der Waals surface area contributed by atoms with Gasteiger partial charge in [-0.3, -0.25) is 4.79 Å². The van der Waals surface area contributed by atoms with Gasteiger partial charge in [0.2, 0.25) is 5.91 Å². The molecule has 0 saturated carbocycles. The van der Waals surface area contributed by atoms with Gasteiger partial charge < -0.3 is 4.90 Å². The van der Waals surface area contributed by atoms with E-state index in [2.05, 4.69) is 15.9 Å². The number of carbonyl (C=O) groups is 1. The van der Waals surface area contributed by atoms with E-state index in [1.807, 2.05) is 0 Å². The van der Waals surface area contributed by atoms with E-state index in [-0.39, 0.29) is 0 Å².